The summed E-state index contributed by atoms with van der Waals surface area (Å²) < 4.78 is 44.6. The molecule has 1 unspecified atom stereocenters. The van der Waals surface area contributed by atoms with E-state index < -0.39 is 11.7 Å². The Morgan fingerprint density at radius 3 is 2.25 bits per heavy atom. The van der Waals surface area contributed by atoms with E-state index in [1.165, 1.54) is 17.0 Å². The maximum absolute atomic E-state index is 12.8. The minimum absolute atomic E-state index is 0.00341. The number of hydrogen-bond donors (Lipinski definition) is 0. The molecule has 0 aliphatic heterocycles. The van der Waals surface area contributed by atoms with Gasteiger partial charge in [0.05, 0.1) is 5.56 Å². The lowest BCUT2D eigenvalue weighted by Gasteiger charge is -2.21. The zero-order valence-electron chi connectivity index (χ0n) is 16.1. The molecule has 0 fully saturated rings. The van der Waals surface area contributed by atoms with Crippen molar-refractivity contribution >= 4 is 11.3 Å². The molecule has 0 saturated heterocycles. The Morgan fingerprint density at radius 2 is 1.71 bits per heavy atom. The van der Waals surface area contributed by atoms with Gasteiger partial charge in [0.1, 0.15) is 11.9 Å². The summed E-state index contributed by atoms with van der Waals surface area (Å²) in [5.41, 5.74) is 1.99. The second kappa shape index (κ2) is 8.39. The first-order chi connectivity index (χ1) is 13.2. The van der Waals surface area contributed by atoms with Crippen molar-refractivity contribution in [3.8, 4) is 16.9 Å². The maximum Gasteiger partial charge on any atom is 0.416 e. The van der Waals surface area contributed by atoms with Crippen LogP contribution in [0.2, 0.25) is 0 Å². The van der Waals surface area contributed by atoms with Crippen molar-refractivity contribution in [2.24, 2.45) is 5.92 Å². The van der Waals surface area contributed by atoms with E-state index in [1.807, 2.05) is 36.6 Å². The van der Waals surface area contributed by atoms with Crippen LogP contribution in [-0.2, 0) is 6.18 Å². The standard InChI is InChI=1S/C23H23F3OS/c1-15(2)13-21(22-5-4-12-28-22)27-19-10-11-20(16(3)14-19)17-6-8-18(9-7-17)23(24,25)26/h4-12,14-15,21H,13H2,1-3H3. The fourth-order valence-electron chi connectivity index (χ4n) is 3.16. The van der Waals surface area contributed by atoms with E-state index in [1.54, 1.807) is 11.3 Å². The Morgan fingerprint density at radius 1 is 1.00 bits per heavy atom. The van der Waals surface area contributed by atoms with Crippen LogP contribution in [0, 0.1) is 12.8 Å². The molecule has 0 N–H and O–H groups in total. The summed E-state index contributed by atoms with van der Waals surface area (Å²) in [6.45, 7) is 6.29. The van der Waals surface area contributed by atoms with Crippen molar-refractivity contribution in [1.29, 1.82) is 0 Å². The summed E-state index contributed by atoms with van der Waals surface area (Å²) in [6, 6.07) is 15.1. The monoisotopic (exact) mass is 404 g/mol. The van der Waals surface area contributed by atoms with Gasteiger partial charge in [0, 0.05) is 4.88 Å². The Kier molecular flexibility index (Phi) is 6.14. The first kappa shape index (κ1) is 20.5. The highest BCUT2D eigenvalue weighted by Gasteiger charge is 2.30. The lowest BCUT2D eigenvalue weighted by Crippen LogP contribution is -2.09. The van der Waals surface area contributed by atoms with Crippen molar-refractivity contribution in [1.82, 2.24) is 0 Å². The van der Waals surface area contributed by atoms with E-state index in [-0.39, 0.29) is 6.10 Å². The lowest BCUT2D eigenvalue weighted by molar-refractivity contribution is -0.137. The fraction of sp³-hybridized carbons (Fsp3) is 0.304. The van der Waals surface area contributed by atoms with E-state index in [0.717, 1.165) is 41.0 Å². The zero-order valence-corrected chi connectivity index (χ0v) is 16.9. The molecule has 1 heterocycles. The second-order valence-electron chi connectivity index (χ2n) is 7.30. The number of hydrogen-bond acceptors (Lipinski definition) is 2. The SMILES string of the molecule is Cc1cc(OC(CC(C)C)c2cccs2)ccc1-c1ccc(C(F)(F)F)cc1. The Bertz CT molecular complexity index is 897. The minimum Gasteiger partial charge on any atom is -0.485 e. The van der Waals surface area contributed by atoms with Crippen LogP contribution in [0.25, 0.3) is 11.1 Å². The molecule has 1 nitrogen and oxygen atoms in total. The van der Waals surface area contributed by atoms with Crippen molar-refractivity contribution < 1.29 is 17.9 Å². The van der Waals surface area contributed by atoms with Gasteiger partial charge >= 0.3 is 6.18 Å². The molecule has 1 atom stereocenters. The fourth-order valence-corrected chi connectivity index (χ4v) is 3.93. The van der Waals surface area contributed by atoms with Crippen LogP contribution in [0.15, 0.2) is 60.0 Å². The van der Waals surface area contributed by atoms with Crippen LogP contribution in [0.5, 0.6) is 5.75 Å². The molecular formula is C23H23F3OS. The third-order valence-electron chi connectivity index (χ3n) is 4.55. The average Bonchev–Trinajstić information content (AvgIpc) is 3.15. The highest BCUT2D eigenvalue weighted by atomic mass is 32.1. The number of ether oxygens (including phenoxy) is 1. The van der Waals surface area contributed by atoms with Gasteiger partial charge in [-0.05, 0) is 71.7 Å². The summed E-state index contributed by atoms with van der Waals surface area (Å²) in [6.07, 6.45) is -3.41. The van der Waals surface area contributed by atoms with Crippen LogP contribution in [0.1, 0.15) is 42.4 Å². The Hall–Kier alpha value is -2.27. The molecule has 0 saturated carbocycles. The quantitative estimate of drug-likeness (QED) is 0.405. The van der Waals surface area contributed by atoms with Crippen LogP contribution in [0.3, 0.4) is 0 Å². The molecule has 0 aliphatic carbocycles. The molecule has 2 aromatic carbocycles. The third kappa shape index (κ3) is 4.96. The third-order valence-corrected chi connectivity index (χ3v) is 5.51. The first-order valence-electron chi connectivity index (χ1n) is 9.22. The number of thiophene rings is 1. The lowest BCUT2D eigenvalue weighted by atomic mass is 9.99. The van der Waals surface area contributed by atoms with E-state index >= 15 is 0 Å². The van der Waals surface area contributed by atoms with Crippen molar-refractivity contribution in [2.75, 3.05) is 0 Å². The van der Waals surface area contributed by atoms with Gasteiger partial charge in [0.2, 0.25) is 0 Å². The molecular weight excluding hydrogens is 381 g/mol. The Labute approximate surface area is 167 Å². The van der Waals surface area contributed by atoms with E-state index in [9.17, 15) is 13.2 Å². The van der Waals surface area contributed by atoms with Crippen LogP contribution in [-0.4, -0.2) is 0 Å². The van der Waals surface area contributed by atoms with E-state index in [2.05, 4.69) is 19.9 Å². The highest BCUT2D eigenvalue weighted by Crippen LogP contribution is 2.35. The molecule has 0 radical (unpaired) electrons. The van der Waals surface area contributed by atoms with E-state index in [0.29, 0.717) is 5.92 Å². The van der Waals surface area contributed by atoms with Gasteiger partial charge in [0.15, 0.2) is 0 Å². The normalized spacial score (nSPS) is 13.0. The summed E-state index contributed by atoms with van der Waals surface area (Å²) >= 11 is 1.68. The number of rotatable bonds is 6. The molecule has 5 heteroatoms. The maximum atomic E-state index is 12.8. The topological polar surface area (TPSA) is 9.23 Å². The number of halogens is 3. The molecule has 3 rings (SSSR count). The van der Waals surface area contributed by atoms with Crippen LogP contribution >= 0.6 is 11.3 Å². The first-order valence-corrected chi connectivity index (χ1v) is 10.1. The highest BCUT2D eigenvalue weighted by molar-refractivity contribution is 7.10. The van der Waals surface area contributed by atoms with Gasteiger partial charge in [-0.15, -0.1) is 11.3 Å². The molecule has 0 spiro atoms. The average molecular weight is 404 g/mol. The molecule has 0 aliphatic rings. The molecule has 148 valence electrons. The smallest absolute Gasteiger partial charge is 0.416 e. The van der Waals surface area contributed by atoms with Gasteiger partial charge in [-0.1, -0.05) is 38.1 Å². The predicted octanol–water partition coefficient (Wildman–Crippen LogP) is 7.91. The van der Waals surface area contributed by atoms with Crippen molar-refractivity contribution in [3.05, 3.63) is 76.0 Å². The van der Waals surface area contributed by atoms with Gasteiger partial charge < -0.3 is 4.74 Å². The Balaban J connectivity index is 1.81. The van der Waals surface area contributed by atoms with Gasteiger partial charge in [-0.2, -0.15) is 13.2 Å². The second-order valence-corrected chi connectivity index (χ2v) is 8.28. The minimum atomic E-state index is -4.32. The molecule has 0 bridgehead atoms. The number of benzene rings is 2. The van der Waals surface area contributed by atoms with Crippen LogP contribution < -0.4 is 4.74 Å². The van der Waals surface area contributed by atoms with Crippen molar-refractivity contribution in [3.63, 3.8) is 0 Å². The van der Waals surface area contributed by atoms with E-state index in [4.69, 9.17) is 4.74 Å². The summed E-state index contributed by atoms with van der Waals surface area (Å²) in [4.78, 5) is 1.19. The number of aryl methyl sites for hydroxylation is 1. The largest absolute Gasteiger partial charge is 0.485 e. The van der Waals surface area contributed by atoms with Gasteiger partial charge in [-0.25, -0.2) is 0 Å². The zero-order chi connectivity index (χ0) is 20.3. The van der Waals surface area contributed by atoms with Crippen molar-refractivity contribution in [2.45, 2.75) is 39.5 Å². The van der Waals surface area contributed by atoms with Gasteiger partial charge in [0.25, 0.3) is 0 Å². The number of alkyl halides is 3. The van der Waals surface area contributed by atoms with Crippen LogP contribution in [0.4, 0.5) is 13.2 Å². The summed E-state index contributed by atoms with van der Waals surface area (Å²) in [5.74, 6) is 1.27. The summed E-state index contributed by atoms with van der Waals surface area (Å²) in [7, 11) is 0. The molecule has 1 aromatic heterocycles. The predicted molar refractivity (Wildman–Crippen MR) is 109 cm³/mol. The molecule has 28 heavy (non-hydrogen) atoms. The summed E-state index contributed by atoms with van der Waals surface area (Å²) in [5, 5.41) is 2.05. The molecule has 0 amide bonds. The molecule has 3 aromatic rings. The van der Waals surface area contributed by atoms with Gasteiger partial charge in [-0.3, -0.25) is 0 Å².